The van der Waals surface area contributed by atoms with E-state index in [4.69, 9.17) is 5.11 Å². The third-order valence-electron chi connectivity index (χ3n) is 2.82. The highest BCUT2D eigenvalue weighted by molar-refractivity contribution is 5.93. The third-order valence-corrected chi connectivity index (χ3v) is 2.82. The maximum absolute atomic E-state index is 11.1. The zero-order chi connectivity index (χ0) is 12.6. The van der Waals surface area contributed by atoms with Crippen LogP contribution in [0.25, 0.3) is 11.3 Å². The summed E-state index contributed by atoms with van der Waals surface area (Å²) in [7, 11) is 0. The lowest BCUT2D eigenvalue weighted by atomic mass is 10.0. The van der Waals surface area contributed by atoms with E-state index in [2.05, 4.69) is 9.97 Å². The maximum atomic E-state index is 11.1. The predicted molar refractivity (Wildman–Crippen MR) is 65.2 cm³/mol. The van der Waals surface area contributed by atoms with Crippen molar-refractivity contribution >= 4 is 5.97 Å². The summed E-state index contributed by atoms with van der Waals surface area (Å²) < 4.78 is 0. The molecule has 0 fully saturated rings. The Kier molecular flexibility index (Phi) is 2.71. The van der Waals surface area contributed by atoms with E-state index in [1.165, 1.54) is 5.56 Å². The van der Waals surface area contributed by atoms with Gasteiger partial charge in [-0.05, 0) is 38.0 Å². The van der Waals surface area contributed by atoms with E-state index in [0.717, 1.165) is 11.1 Å². The Balaban J connectivity index is 2.59. The molecular weight excluding hydrogens is 216 g/mol. The highest BCUT2D eigenvalue weighted by Gasteiger charge is 2.16. The Labute approximate surface area is 99.3 Å². The van der Waals surface area contributed by atoms with Crippen LogP contribution in [0.3, 0.4) is 0 Å². The number of nitrogens with zero attached hydrogens (tertiary/aromatic N) is 1. The highest BCUT2D eigenvalue weighted by atomic mass is 16.4. The Morgan fingerprint density at radius 1 is 1.24 bits per heavy atom. The maximum Gasteiger partial charge on any atom is 0.354 e. The normalized spacial score (nSPS) is 10.5. The Morgan fingerprint density at radius 2 is 1.94 bits per heavy atom. The molecule has 2 aromatic rings. The first-order chi connectivity index (χ1) is 7.99. The lowest BCUT2D eigenvalue weighted by molar-refractivity contribution is 0.0692. The molecule has 0 saturated heterocycles. The van der Waals surface area contributed by atoms with Crippen LogP contribution in [-0.2, 0) is 0 Å². The van der Waals surface area contributed by atoms with E-state index in [1.54, 1.807) is 6.92 Å². The highest BCUT2D eigenvalue weighted by Crippen LogP contribution is 2.24. The number of carboxylic acid groups (broad SMARTS) is 1. The zero-order valence-corrected chi connectivity index (χ0v) is 10.0. The largest absolute Gasteiger partial charge is 0.477 e. The minimum atomic E-state index is -0.987. The topological polar surface area (TPSA) is 66.0 Å². The van der Waals surface area contributed by atoms with Gasteiger partial charge in [0.25, 0.3) is 0 Å². The SMILES string of the molecule is Cc1nc(-c2ccc(C)c(C)c2)c(C(=O)O)[nH]1. The van der Waals surface area contributed by atoms with Crippen LogP contribution in [0.15, 0.2) is 18.2 Å². The monoisotopic (exact) mass is 230 g/mol. The molecule has 0 amide bonds. The van der Waals surface area contributed by atoms with Gasteiger partial charge in [0.15, 0.2) is 5.69 Å². The summed E-state index contributed by atoms with van der Waals surface area (Å²) in [5.74, 6) is -0.380. The van der Waals surface area contributed by atoms with E-state index in [9.17, 15) is 4.79 Å². The summed E-state index contributed by atoms with van der Waals surface area (Å²) in [6.07, 6.45) is 0. The van der Waals surface area contributed by atoms with Crippen LogP contribution < -0.4 is 0 Å². The number of aromatic carboxylic acids is 1. The second-order valence-corrected chi connectivity index (χ2v) is 4.15. The molecule has 0 saturated carbocycles. The van der Waals surface area contributed by atoms with Crippen molar-refractivity contribution < 1.29 is 9.90 Å². The van der Waals surface area contributed by atoms with Crippen LogP contribution in [0, 0.1) is 20.8 Å². The number of carboxylic acids is 1. The molecule has 1 heterocycles. The quantitative estimate of drug-likeness (QED) is 0.833. The van der Waals surface area contributed by atoms with Crippen LogP contribution in [0.1, 0.15) is 27.4 Å². The summed E-state index contributed by atoms with van der Waals surface area (Å²) in [5.41, 5.74) is 3.77. The Hall–Kier alpha value is -2.10. The standard InChI is InChI=1S/C13H14N2O2/c1-7-4-5-10(6-8(7)2)11-12(13(16)17)15-9(3)14-11/h4-6H,1-3H3,(H,14,15)(H,16,17). The summed E-state index contributed by atoms with van der Waals surface area (Å²) >= 11 is 0. The molecule has 4 nitrogen and oxygen atoms in total. The van der Waals surface area contributed by atoms with E-state index in [-0.39, 0.29) is 5.69 Å². The number of imidazole rings is 1. The fraction of sp³-hybridized carbons (Fsp3) is 0.231. The van der Waals surface area contributed by atoms with Crippen LogP contribution >= 0.6 is 0 Å². The fourth-order valence-electron chi connectivity index (χ4n) is 1.74. The minimum absolute atomic E-state index is 0.144. The molecule has 0 aliphatic carbocycles. The molecule has 0 bridgehead atoms. The first-order valence-corrected chi connectivity index (χ1v) is 5.36. The van der Waals surface area contributed by atoms with Gasteiger partial charge in [0.2, 0.25) is 0 Å². The molecule has 0 radical (unpaired) electrons. The van der Waals surface area contributed by atoms with Crippen molar-refractivity contribution in [3.05, 3.63) is 40.8 Å². The smallest absolute Gasteiger partial charge is 0.354 e. The number of aromatic nitrogens is 2. The molecule has 17 heavy (non-hydrogen) atoms. The first-order valence-electron chi connectivity index (χ1n) is 5.36. The Morgan fingerprint density at radius 3 is 2.53 bits per heavy atom. The number of hydrogen-bond acceptors (Lipinski definition) is 2. The summed E-state index contributed by atoms with van der Waals surface area (Å²) in [6, 6.07) is 5.82. The van der Waals surface area contributed by atoms with Crippen molar-refractivity contribution in [2.75, 3.05) is 0 Å². The molecule has 2 rings (SSSR count). The van der Waals surface area contributed by atoms with Gasteiger partial charge in [-0.2, -0.15) is 0 Å². The minimum Gasteiger partial charge on any atom is -0.477 e. The van der Waals surface area contributed by atoms with Crippen molar-refractivity contribution in [1.82, 2.24) is 9.97 Å². The molecule has 0 aliphatic rings. The van der Waals surface area contributed by atoms with Crippen LogP contribution in [0.4, 0.5) is 0 Å². The van der Waals surface area contributed by atoms with Gasteiger partial charge in [-0.3, -0.25) is 0 Å². The van der Waals surface area contributed by atoms with Gasteiger partial charge in [-0.25, -0.2) is 9.78 Å². The first kappa shape index (κ1) is 11.4. The van der Waals surface area contributed by atoms with Gasteiger partial charge in [0, 0.05) is 5.56 Å². The average molecular weight is 230 g/mol. The van der Waals surface area contributed by atoms with Crippen molar-refractivity contribution in [2.45, 2.75) is 20.8 Å². The van der Waals surface area contributed by atoms with Crippen LogP contribution in [0.5, 0.6) is 0 Å². The number of hydrogen-bond donors (Lipinski definition) is 2. The van der Waals surface area contributed by atoms with Gasteiger partial charge in [-0.1, -0.05) is 12.1 Å². The molecule has 2 N–H and O–H groups in total. The Bertz CT molecular complexity index is 585. The fourth-order valence-corrected chi connectivity index (χ4v) is 1.74. The molecule has 0 atom stereocenters. The second kappa shape index (κ2) is 4.05. The summed E-state index contributed by atoms with van der Waals surface area (Å²) in [6.45, 7) is 5.77. The van der Waals surface area contributed by atoms with E-state index in [1.807, 2.05) is 32.0 Å². The van der Waals surface area contributed by atoms with Gasteiger partial charge in [0.05, 0.1) is 0 Å². The molecule has 0 unspecified atom stereocenters. The number of aromatic amines is 1. The molecule has 0 aliphatic heterocycles. The van der Waals surface area contributed by atoms with E-state index >= 15 is 0 Å². The molecule has 1 aromatic carbocycles. The van der Waals surface area contributed by atoms with Gasteiger partial charge in [0.1, 0.15) is 11.5 Å². The van der Waals surface area contributed by atoms with Crippen molar-refractivity contribution in [3.63, 3.8) is 0 Å². The number of H-pyrrole nitrogens is 1. The number of nitrogens with one attached hydrogen (secondary N) is 1. The molecule has 0 spiro atoms. The molecule has 4 heteroatoms. The number of aryl methyl sites for hydroxylation is 3. The van der Waals surface area contributed by atoms with Gasteiger partial charge < -0.3 is 10.1 Å². The lowest BCUT2D eigenvalue weighted by Gasteiger charge is -2.03. The summed E-state index contributed by atoms with van der Waals surface area (Å²) in [4.78, 5) is 18.1. The zero-order valence-electron chi connectivity index (χ0n) is 10.0. The van der Waals surface area contributed by atoms with E-state index < -0.39 is 5.97 Å². The third kappa shape index (κ3) is 2.06. The van der Waals surface area contributed by atoms with E-state index in [0.29, 0.717) is 11.5 Å². The summed E-state index contributed by atoms with van der Waals surface area (Å²) in [5, 5.41) is 9.09. The van der Waals surface area contributed by atoms with Crippen molar-refractivity contribution in [1.29, 1.82) is 0 Å². The van der Waals surface area contributed by atoms with Crippen molar-refractivity contribution in [3.8, 4) is 11.3 Å². The molecule has 88 valence electrons. The van der Waals surface area contributed by atoms with Crippen LogP contribution in [-0.4, -0.2) is 21.0 Å². The van der Waals surface area contributed by atoms with Gasteiger partial charge in [-0.15, -0.1) is 0 Å². The molecular formula is C13H14N2O2. The van der Waals surface area contributed by atoms with Crippen LogP contribution in [0.2, 0.25) is 0 Å². The number of carbonyl (C=O) groups is 1. The number of benzene rings is 1. The predicted octanol–water partition coefficient (Wildman–Crippen LogP) is 2.70. The van der Waals surface area contributed by atoms with Gasteiger partial charge >= 0.3 is 5.97 Å². The molecule has 1 aromatic heterocycles. The lowest BCUT2D eigenvalue weighted by Crippen LogP contribution is -1.99. The van der Waals surface area contributed by atoms with Crippen molar-refractivity contribution in [2.24, 2.45) is 0 Å². The number of rotatable bonds is 2. The second-order valence-electron chi connectivity index (χ2n) is 4.15. The average Bonchev–Trinajstić information content (AvgIpc) is 2.64.